The topological polar surface area (TPSA) is 0 Å². The van der Waals surface area contributed by atoms with Crippen molar-refractivity contribution in [2.24, 2.45) is 5.92 Å². The maximum absolute atomic E-state index is 4.16. The Balaban J connectivity index is 2.42. The molecular weight excluding hydrogens is 240 g/mol. The molecule has 0 radical (unpaired) electrons. The summed E-state index contributed by atoms with van der Waals surface area (Å²) in [6, 6.07) is 10.5. The molecule has 0 nitrogen and oxygen atoms in total. The Morgan fingerprint density at radius 2 is 1.80 bits per heavy atom. The monoisotopic (exact) mass is 264 g/mol. The molecule has 0 amide bonds. The molecule has 0 aliphatic rings. The molecule has 0 aliphatic carbocycles. The van der Waals surface area contributed by atoms with Crippen LogP contribution in [0.1, 0.15) is 18.4 Å². The average molecular weight is 264 g/mol. The summed E-state index contributed by atoms with van der Waals surface area (Å²) >= 11 is 0. The molecule has 0 spiro atoms. The molecule has 1 rings (SSSR count). The SMILES string of the molecule is C=C/C=C\C=C/CC(=C)CC(C=C)Cc1ccccc1. The van der Waals surface area contributed by atoms with Crippen molar-refractivity contribution in [2.45, 2.75) is 19.3 Å². The minimum Gasteiger partial charge on any atom is -0.103 e. The molecule has 1 aromatic carbocycles. The molecule has 1 aromatic rings. The first-order valence-corrected chi connectivity index (χ1v) is 7.03. The second kappa shape index (κ2) is 9.80. The zero-order chi connectivity index (χ0) is 14.6. The van der Waals surface area contributed by atoms with Gasteiger partial charge in [0.25, 0.3) is 0 Å². The van der Waals surface area contributed by atoms with Gasteiger partial charge in [-0.2, -0.15) is 0 Å². The minimum atomic E-state index is 0.460. The number of rotatable bonds is 9. The first-order valence-electron chi connectivity index (χ1n) is 7.03. The van der Waals surface area contributed by atoms with Crippen LogP contribution < -0.4 is 0 Å². The maximum atomic E-state index is 4.16. The first-order chi connectivity index (χ1) is 9.76. The highest BCUT2D eigenvalue weighted by atomic mass is 14.1. The van der Waals surface area contributed by atoms with Crippen molar-refractivity contribution in [1.82, 2.24) is 0 Å². The molecule has 0 N–H and O–H groups in total. The minimum absolute atomic E-state index is 0.460. The van der Waals surface area contributed by atoms with E-state index in [1.165, 1.54) is 11.1 Å². The van der Waals surface area contributed by atoms with E-state index in [1.807, 2.05) is 30.4 Å². The standard InChI is InChI=1S/C20H24/c1-4-6-7-8-10-13-18(3)16-19(5-2)17-20-14-11-9-12-15-20/h4-12,14-15,19H,1-3,13,16-17H2/b7-6-,10-8-. The first kappa shape index (κ1) is 16.0. The molecule has 0 heteroatoms. The van der Waals surface area contributed by atoms with Gasteiger partial charge in [-0.05, 0) is 30.7 Å². The van der Waals surface area contributed by atoms with E-state index in [1.54, 1.807) is 6.08 Å². The Morgan fingerprint density at radius 1 is 1.05 bits per heavy atom. The van der Waals surface area contributed by atoms with E-state index >= 15 is 0 Å². The van der Waals surface area contributed by atoms with Crippen LogP contribution in [0.2, 0.25) is 0 Å². The Bertz CT molecular complexity index is 474. The second-order valence-corrected chi connectivity index (χ2v) is 4.89. The Morgan fingerprint density at radius 3 is 2.45 bits per heavy atom. The van der Waals surface area contributed by atoms with Gasteiger partial charge in [-0.1, -0.05) is 85.5 Å². The molecule has 0 heterocycles. The number of hydrogen-bond acceptors (Lipinski definition) is 0. The molecule has 104 valence electrons. The van der Waals surface area contributed by atoms with Gasteiger partial charge in [0.2, 0.25) is 0 Å². The summed E-state index contributed by atoms with van der Waals surface area (Å²) in [5.74, 6) is 0.460. The summed E-state index contributed by atoms with van der Waals surface area (Å²) in [4.78, 5) is 0. The van der Waals surface area contributed by atoms with Crippen LogP contribution in [0.5, 0.6) is 0 Å². The largest absolute Gasteiger partial charge is 0.103 e. The van der Waals surface area contributed by atoms with Gasteiger partial charge < -0.3 is 0 Å². The van der Waals surface area contributed by atoms with Crippen molar-refractivity contribution in [1.29, 1.82) is 0 Å². The average Bonchev–Trinajstić information content (AvgIpc) is 2.47. The van der Waals surface area contributed by atoms with Gasteiger partial charge in [-0.15, -0.1) is 6.58 Å². The summed E-state index contributed by atoms with van der Waals surface area (Å²) in [5, 5.41) is 0. The Hall–Kier alpha value is -2.08. The molecule has 20 heavy (non-hydrogen) atoms. The fourth-order valence-electron chi connectivity index (χ4n) is 2.07. The number of allylic oxidation sites excluding steroid dienone is 7. The van der Waals surface area contributed by atoms with Gasteiger partial charge in [-0.25, -0.2) is 0 Å². The summed E-state index contributed by atoms with van der Waals surface area (Å²) in [6.07, 6.45) is 14.8. The predicted octanol–water partition coefficient (Wildman–Crippen LogP) is 5.67. The predicted molar refractivity (Wildman–Crippen MR) is 90.7 cm³/mol. The van der Waals surface area contributed by atoms with E-state index in [-0.39, 0.29) is 0 Å². The number of benzene rings is 1. The smallest absolute Gasteiger partial charge is 0.0138 e. The van der Waals surface area contributed by atoms with Gasteiger partial charge in [0, 0.05) is 0 Å². The van der Waals surface area contributed by atoms with Gasteiger partial charge in [-0.3, -0.25) is 0 Å². The normalized spacial score (nSPS) is 12.6. The van der Waals surface area contributed by atoms with Crippen molar-refractivity contribution in [3.8, 4) is 0 Å². The van der Waals surface area contributed by atoms with E-state index in [9.17, 15) is 0 Å². The van der Waals surface area contributed by atoms with E-state index in [4.69, 9.17) is 0 Å². The highest BCUT2D eigenvalue weighted by Crippen LogP contribution is 2.19. The molecule has 0 saturated carbocycles. The highest BCUT2D eigenvalue weighted by molar-refractivity contribution is 5.18. The Kier molecular flexibility index (Phi) is 7.83. The molecule has 1 atom stereocenters. The lowest BCUT2D eigenvalue weighted by molar-refractivity contribution is 0.636. The van der Waals surface area contributed by atoms with Gasteiger partial charge in [0.1, 0.15) is 0 Å². The van der Waals surface area contributed by atoms with Crippen LogP contribution in [0.25, 0.3) is 0 Å². The van der Waals surface area contributed by atoms with Crippen LogP contribution in [-0.4, -0.2) is 0 Å². The van der Waals surface area contributed by atoms with Gasteiger partial charge >= 0.3 is 0 Å². The van der Waals surface area contributed by atoms with Crippen LogP contribution in [0.15, 0.2) is 92.1 Å². The quantitative estimate of drug-likeness (QED) is 0.398. The molecule has 0 aromatic heterocycles. The van der Waals surface area contributed by atoms with Crippen LogP contribution in [0.3, 0.4) is 0 Å². The van der Waals surface area contributed by atoms with E-state index < -0.39 is 0 Å². The highest BCUT2D eigenvalue weighted by Gasteiger charge is 2.06. The van der Waals surface area contributed by atoms with Crippen molar-refractivity contribution < 1.29 is 0 Å². The Labute approximate surface area is 123 Å². The van der Waals surface area contributed by atoms with Crippen LogP contribution >= 0.6 is 0 Å². The van der Waals surface area contributed by atoms with Crippen LogP contribution in [0, 0.1) is 5.92 Å². The summed E-state index contributed by atoms with van der Waals surface area (Å²) in [5.41, 5.74) is 2.60. The maximum Gasteiger partial charge on any atom is -0.0138 e. The van der Waals surface area contributed by atoms with Gasteiger partial charge in [0.15, 0.2) is 0 Å². The van der Waals surface area contributed by atoms with Crippen LogP contribution in [-0.2, 0) is 6.42 Å². The molecular formula is C20H24. The van der Waals surface area contributed by atoms with Crippen molar-refractivity contribution >= 4 is 0 Å². The zero-order valence-corrected chi connectivity index (χ0v) is 12.2. The van der Waals surface area contributed by atoms with Gasteiger partial charge in [0.05, 0.1) is 0 Å². The summed E-state index contributed by atoms with van der Waals surface area (Å²) in [7, 11) is 0. The zero-order valence-electron chi connectivity index (χ0n) is 12.2. The molecule has 0 fully saturated rings. The van der Waals surface area contributed by atoms with E-state index in [2.05, 4.69) is 50.1 Å². The number of hydrogen-bond donors (Lipinski definition) is 0. The van der Waals surface area contributed by atoms with E-state index in [0.29, 0.717) is 5.92 Å². The summed E-state index contributed by atoms with van der Waals surface area (Å²) in [6.45, 7) is 11.7. The molecule has 0 saturated heterocycles. The third-order valence-corrected chi connectivity index (χ3v) is 3.13. The lowest BCUT2D eigenvalue weighted by Gasteiger charge is -2.13. The molecule has 1 unspecified atom stereocenters. The summed E-state index contributed by atoms with van der Waals surface area (Å²) < 4.78 is 0. The lowest BCUT2D eigenvalue weighted by atomic mass is 9.92. The van der Waals surface area contributed by atoms with Crippen LogP contribution in [0.4, 0.5) is 0 Å². The molecule has 0 bridgehead atoms. The lowest BCUT2D eigenvalue weighted by Crippen LogP contribution is -2.02. The fraction of sp³-hybridized carbons (Fsp3) is 0.200. The second-order valence-electron chi connectivity index (χ2n) is 4.89. The third kappa shape index (κ3) is 6.75. The fourth-order valence-corrected chi connectivity index (χ4v) is 2.07. The van der Waals surface area contributed by atoms with Crippen molar-refractivity contribution in [2.75, 3.05) is 0 Å². The van der Waals surface area contributed by atoms with Crippen molar-refractivity contribution in [3.63, 3.8) is 0 Å². The third-order valence-electron chi connectivity index (χ3n) is 3.13. The van der Waals surface area contributed by atoms with E-state index in [0.717, 1.165) is 19.3 Å². The van der Waals surface area contributed by atoms with Crippen molar-refractivity contribution in [3.05, 3.63) is 97.7 Å². The molecule has 0 aliphatic heterocycles.